The molecule has 1 aliphatic carbocycles. The fourth-order valence-corrected chi connectivity index (χ4v) is 6.12. The van der Waals surface area contributed by atoms with Gasteiger partial charge in [-0.1, -0.05) is 80.6 Å². The summed E-state index contributed by atoms with van der Waals surface area (Å²) in [5.74, 6) is -0.507. The molecule has 1 saturated carbocycles. The van der Waals surface area contributed by atoms with Crippen LogP contribution in [-0.4, -0.2) is 66.5 Å². The van der Waals surface area contributed by atoms with Crippen LogP contribution in [0.1, 0.15) is 51.0 Å². The first kappa shape index (κ1) is 29.9. The Morgan fingerprint density at radius 1 is 1.02 bits per heavy atom. The van der Waals surface area contributed by atoms with E-state index < -0.39 is 30.0 Å². The van der Waals surface area contributed by atoms with E-state index in [1.807, 2.05) is 54.6 Å². The minimum Gasteiger partial charge on any atom is -0.496 e. The number of hydrogen-bond acceptors (Lipinski definition) is 7. The largest absolute Gasteiger partial charge is 0.496 e. The van der Waals surface area contributed by atoms with Crippen molar-refractivity contribution in [1.82, 2.24) is 15.1 Å². The molecule has 0 unspecified atom stereocenters. The number of benzene rings is 3. The average molecular weight is 603 g/mol. The molecule has 0 bridgehead atoms. The van der Waals surface area contributed by atoms with Gasteiger partial charge in [0, 0.05) is 38.5 Å². The van der Waals surface area contributed by atoms with Gasteiger partial charge in [-0.15, -0.1) is 0 Å². The molecule has 2 atom stereocenters. The fourth-order valence-electron chi connectivity index (χ4n) is 6.12. The first-order chi connectivity index (χ1) is 21.7. The zero-order valence-corrected chi connectivity index (χ0v) is 25.3. The molecule has 3 amide bonds. The summed E-state index contributed by atoms with van der Waals surface area (Å²) in [5.41, 5.74) is 13.9. The van der Waals surface area contributed by atoms with Crippen LogP contribution in [0.2, 0.25) is 0 Å². The van der Waals surface area contributed by atoms with Crippen molar-refractivity contribution in [1.29, 1.82) is 0 Å². The maximum absolute atomic E-state index is 13.7. The Balaban J connectivity index is 1.32. The predicted molar refractivity (Wildman–Crippen MR) is 169 cm³/mol. The topological polar surface area (TPSA) is 140 Å². The van der Waals surface area contributed by atoms with Crippen LogP contribution in [0.4, 0.5) is 4.79 Å². The molecule has 0 radical (unpaired) electrons. The molecule has 1 aliphatic heterocycles. The molecular formula is C34H43N5O5. The highest BCUT2D eigenvalue weighted by Crippen LogP contribution is 2.29. The van der Waals surface area contributed by atoms with Crippen LogP contribution < -0.4 is 26.3 Å². The van der Waals surface area contributed by atoms with E-state index in [0.29, 0.717) is 30.9 Å². The monoisotopic (exact) mass is 602 g/mol. The molecule has 1 saturated heterocycles. The van der Waals surface area contributed by atoms with E-state index in [0.717, 1.165) is 41.2 Å². The van der Waals surface area contributed by atoms with Crippen LogP contribution in [0.3, 0.4) is 0 Å². The standard InChI is InChI=1S/C34H43N5O5/c1-43-31-19-24(14-15-26(31)20-35)21-37-32(40)29-22-38(34(42)44-30-13-7-11-25-10-5-6-12-27(25)30)16-17-39(29)33(41)28(36)18-23-8-3-2-4-9-23/h5-7,10-15,19,23,28-29H,2-4,8-9,16-18,20-22,35-36H2,1H3,(H,37,40)/t28-,29-/m0/s1/i23D. The molecule has 2 fully saturated rings. The van der Waals surface area contributed by atoms with Gasteiger partial charge in [-0.3, -0.25) is 9.59 Å². The number of amides is 3. The van der Waals surface area contributed by atoms with E-state index in [2.05, 4.69) is 5.32 Å². The predicted octanol–water partition coefficient (Wildman–Crippen LogP) is 3.93. The van der Waals surface area contributed by atoms with E-state index in [1.54, 1.807) is 13.2 Å². The third kappa shape index (κ3) is 7.31. The highest BCUT2D eigenvalue weighted by Gasteiger charge is 2.39. The van der Waals surface area contributed by atoms with E-state index >= 15 is 0 Å². The van der Waals surface area contributed by atoms with Gasteiger partial charge in [-0.05, 0) is 35.4 Å². The zero-order chi connectivity index (χ0) is 32.0. The summed E-state index contributed by atoms with van der Waals surface area (Å²) in [6.45, 7) is 0.727. The molecule has 0 spiro atoms. The summed E-state index contributed by atoms with van der Waals surface area (Å²) < 4.78 is 20.1. The Bertz CT molecular complexity index is 1520. The number of nitrogens with one attached hydrogen (secondary N) is 1. The number of nitrogens with two attached hydrogens (primary N) is 2. The second-order valence-electron chi connectivity index (χ2n) is 11.5. The number of hydrogen-bond donors (Lipinski definition) is 3. The van der Waals surface area contributed by atoms with E-state index in [-0.39, 0.29) is 38.5 Å². The lowest BCUT2D eigenvalue weighted by molar-refractivity contribution is -0.144. The molecule has 44 heavy (non-hydrogen) atoms. The van der Waals surface area contributed by atoms with E-state index in [1.165, 1.54) is 9.80 Å². The van der Waals surface area contributed by atoms with Gasteiger partial charge < -0.3 is 36.1 Å². The summed E-state index contributed by atoms with van der Waals surface area (Å²) in [5, 5.41) is 4.66. The number of nitrogens with zero attached hydrogens (tertiary/aromatic N) is 2. The highest BCUT2D eigenvalue weighted by molar-refractivity contribution is 5.92. The summed E-state index contributed by atoms with van der Waals surface area (Å²) in [4.78, 5) is 43.8. The van der Waals surface area contributed by atoms with Gasteiger partial charge in [0.05, 0.1) is 19.7 Å². The normalized spacial score (nSPS) is 19.2. The maximum Gasteiger partial charge on any atom is 0.415 e. The van der Waals surface area contributed by atoms with Crippen LogP contribution in [0, 0.1) is 5.89 Å². The molecule has 1 heterocycles. The minimum atomic E-state index is -0.990. The maximum atomic E-state index is 13.7. The van der Waals surface area contributed by atoms with E-state index in [9.17, 15) is 14.4 Å². The minimum absolute atomic E-state index is 0.0602. The van der Waals surface area contributed by atoms with Crippen LogP contribution in [-0.2, 0) is 22.7 Å². The Morgan fingerprint density at radius 2 is 1.80 bits per heavy atom. The first-order valence-electron chi connectivity index (χ1n) is 15.9. The van der Waals surface area contributed by atoms with Gasteiger partial charge in [-0.25, -0.2) is 4.79 Å². The van der Waals surface area contributed by atoms with Crippen LogP contribution in [0.5, 0.6) is 11.5 Å². The van der Waals surface area contributed by atoms with Crippen LogP contribution in [0.15, 0.2) is 60.7 Å². The SMILES string of the molecule is [2H]C1(C[C@H](N)C(=O)N2CCN(C(=O)Oc3cccc4ccccc34)C[C@H]2C(=O)NCc2ccc(CN)c(OC)c2)CCCCC1. The number of ether oxygens (including phenoxy) is 2. The second kappa shape index (κ2) is 14.5. The van der Waals surface area contributed by atoms with Gasteiger partial charge in [0.1, 0.15) is 17.5 Å². The van der Waals surface area contributed by atoms with Crippen molar-refractivity contribution in [2.75, 3.05) is 26.7 Å². The summed E-state index contributed by atoms with van der Waals surface area (Å²) in [7, 11) is 1.56. The number of rotatable bonds is 9. The van der Waals surface area contributed by atoms with Crippen molar-refractivity contribution >= 4 is 28.7 Å². The number of carbonyl (C=O) groups excluding carboxylic acids is 3. The molecule has 2 aliphatic rings. The molecule has 5 N–H and O–H groups in total. The lowest BCUT2D eigenvalue weighted by Gasteiger charge is -2.41. The quantitative estimate of drug-likeness (QED) is 0.337. The van der Waals surface area contributed by atoms with Crippen molar-refractivity contribution in [2.45, 2.75) is 63.7 Å². The molecule has 3 aromatic carbocycles. The van der Waals surface area contributed by atoms with Crippen molar-refractivity contribution in [3.05, 3.63) is 71.8 Å². The Kier molecular flexibility index (Phi) is 9.89. The molecular weight excluding hydrogens is 558 g/mol. The van der Waals surface area contributed by atoms with Gasteiger partial charge in [0.25, 0.3) is 0 Å². The first-order valence-corrected chi connectivity index (χ1v) is 15.4. The van der Waals surface area contributed by atoms with Gasteiger partial charge in [-0.2, -0.15) is 0 Å². The second-order valence-corrected chi connectivity index (χ2v) is 11.5. The van der Waals surface area contributed by atoms with E-state index in [4.69, 9.17) is 22.3 Å². The Hall–Kier alpha value is -4.15. The third-order valence-electron chi connectivity index (χ3n) is 8.60. The lowest BCUT2D eigenvalue weighted by atomic mass is 9.84. The number of fused-ring (bicyclic) bond motifs is 1. The Morgan fingerprint density at radius 3 is 2.57 bits per heavy atom. The number of methoxy groups -OCH3 is 1. The molecule has 3 aromatic rings. The van der Waals surface area contributed by atoms with Gasteiger partial charge in [0.2, 0.25) is 11.8 Å². The number of piperazine rings is 1. The van der Waals surface area contributed by atoms with Crippen molar-refractivity contribution in [2.24, 2.45) is 17.4 Å². The van der Waals surface area contributed by atoms with Crippen LogP contribution in [0.25, 0.3) is 10.8 Å². The summed E-state index contributed by atoms with van der Waals surface area (Å²) in [6, 6.07) is 16.7. The number of carbonyl (C=O) groups is 3. The van der Waals surface area contributed by atoms with Crippen molar-refractivity contribution in [3.8, 4) is 11.5 Å². The molecule has 10 nitrogen and oxygen atoms in total. The zero-order valence-electron chi connectivity index (χ0n) is 26.3. The van der Waals surface area contributed by atoms with Crippen molar-refractivity contribution in [3.63, 3.8) is 0 Å². The van der Waals surface area contributed by atoms with Gasteiger partial charge in [0.15, 0.2) is 0 Å². The summed E-state index contributed by atoms with van der Waals surface area (Å²) in [6.07, 6.45) is 4.03. The van der Waals surface area contributed by atoms with Crippen molar-refractivity contribution < 1.29 is 25.2 Å². The van der Waals surface area contributed by atoms with Crippen LogP contribution >= 0.6 is 0 Å². The fraction of sp³-hybridized carbons (Fsp3) is 0.441. The molecule has 5 rings (SSSR count). The molecule has 0 aromatic heterocycles. The lowest BCUT2D eigenvalue weighted by Crippen LogP contribution is -2.64. The smallest absolute Gasteiger partial charge is 0.415 e. The summed E-state index contributed by atoms with van der Waals surface area (Å²) >= 11 is 0. The average Bonchev–Trinajstić information content (AvgIpc) is 3.06. The molecule has 234 valence electrons. The Labute approximate surface area is 260 Å². The third-order valence-corrected chi connectivity index (χ3v) is 8.60. The molecule has 10 heteroatoms. The highest BCUT2D eigenvalue weighted by atomic mass is 16.6. The van der Waals surface area contributed by atoms with Gasteiger partial charge >= 0.3 is 6.09 Å².